The average Bonchev–Trinajstić information content (AvgIpc) is 2.38. The predicted molar refractivity (Wildman–Crippen MR) is 72.0 cm³/mol. The number of benzene rings is 1. The summed E-state index contributed by atoms with van der Waals surface area (Å²) in [6.07, 6.45) is 1.83. The Morgan fingerprint density at radius 2 is 2.11 bits per heavy atom. The Kier molecular flexibility index (Phi) is 5.11. The topological polar surface area (TPSA) is 75.6 Å². The molecule has 1 unspecified atom stereocenters. The molecule has 0 spiro atoms. The van der Waals surface area contributed by atoms with Crippen LogP contribution in [0, 0.1) is 6.92 Å². The maximum absolute atomic E-state index is 11.5. The highest BCUT2D eigenvalue weighted by atomic mass is 16.5. The molecule has 0 saturated heterocycles. The highest BCUT2D eigenvalue weighted by Crippen LogP contribution is 2.25. The first kappa shape index (κ1) is 14.8. The molecule has 0 radical (unpaired) electrons. The summed E-state index contributed by atoms with van der Waals surface area (Å²) < 4.78 is 5.61. The lowest BCUT2D eigenvalue weighted by Gasteiger charge is -2.17. The number of aliphatic carboxylic acids is 1. The van der Waals surface area contributed by atoms with Crippen molar-refractivity contribution in [1.82, 2.24) is 5.32 Å². The largest absolute Gasteiger partial charge is 0.480 e. The highest BCUT2D eigenvalue weighted by Gasteiger charge is 2.15. The number of nitrogens with one attached hydrogen (secondary N) is 1. The number of carbonyl (C=O) groups excluding carboxylic acids is 1. The standard InChI is InChI=1S/C14H17NO4/c1-9-5-4-6-11(7-8-12(16)17)13(9)19-10(2)14(18)15-3/h4-8,10H,1-3H3,(H,15,18)(H,16,17)/b8-7+. The Morgan fingerprint density at radius 1 is 1.42 bits per heavy atom. The summed E-state index contributed by atoms with van der Waals surface area (Å²) >= 11 is 0. The zero-order valence-electron chi connectivity index (χ0n) is 11.1. The molecule has 1 amide bonds. The fourth-order valence-electron chi connectivity index (χ4n) is 1.56. The number of carbonyl (C=O) groups is 2. The number of aryl methyl sites for hydroxylation is 1. The van der Waals surface area contributed by atoms with Crippen molar-refractivity contribution >= 4 is 18.0 Å². The van der Waals surface area contributed by atoms with Crippen LogP contribution in [0.5, 0.6) is 5.75 Å². The molecule has 5 nitrogen and oxygen atoms in total. The minimum atomic E-state index is -1.04. The highest BCUT2D eigenvalue weighted by molar-refractivity contribution is 5.86. The van der Waals surface area contributed by atoms with E-state index in [1.54, 1.807) is 19.1 Å². The average molecular weight is 263 g/mol. The van der Waals surface area contributed by atoms with Gasteiger partial charge in [-0.2, -0.15) is 0 Å². The fraction of sp³-hybridized carbons (Fsp3) is 0.286. The van der Waals surface area contributed by atoms with Gasteiger partial charge in [0, 0.05) is 18.7 Å². The molecule has 102 valence electrons. The van der Waals surface area contributed by atoms with Gasteiger partial charge in [0.05, 0.1) is 0 Å². The van der Waals surface area contributed by atoms with Crippen molar-refractivity contribution in [3.05, 3.63) is 35.4 Å². The van der Waals surface area contributed by atoms with Gasteiger partial charge in [-0.3, -0.25) is 4.79 Å². The van der Waals surface area contributed by atoms with E-state index in [0.717, 1.165) is 11.6 Å². The third kappa shape index (κ3) is 4.13. The van der Waals surface area contributed by atoms with E-state index in [4.69, 9.17) is 9.84 Å². The van der Waals surface area contributed by atoms with Crippen LogP contribution in [0.2, 0.25) is 0 Å². The van der Waals surface area contributed by atoms with Crippen molar-refractivity contribution in [2.75, 3.05) is 7.05 Å². The van der Waals surface area contributed by atoms with Gasteiger partial charge in [-0.25, -0.2) is 4.79 Å². The van der Waals surface area contributed by atoms with E-state index in [2.05, 4.69) is 5.32 Å². The summed E-state index contributed by atoms with van der Waals surface area (Å²) in [5.74, 6) is -0.765. The lowest BCUT2D eigenvalue weighted by molar-refractivity contribution is -0.131. The number of hydrogen-bond donors (Lipinski definition) is 2. The Hall–Kier alpha value is -2.30. The summed E-state index contributed by atoms with van der Waals surface area (Å²) in [5, 5.41) is 11.1. The maximum atomic E-state index is 11.5. The second-order valence-corrected chi connectivity index (χ2v) is 4.04. The SMILES string of the molecule is CNC(=O)C(C)Oc1c(C)cccc1/C=C/C(=O)O. The molecule has 0 fully saturated rings. The normalized spacial score (nSPS) is 12.2. The van der Waals surface area contributed by atoms with Crippen LogP contribution >= 0.6 is 0 Å². The third-order valence-corrected chi connectivity index (χ3v) is 2.56. The first-order valence-corrected chi connectivity index (χ1v) is 5.84. The minimum absolute atomic E-state index is 0.239. The van der Waals surface area contributed by atoms with Crippen LogP contribution in [0.3, 0.4) is 0 Å². The van der Waals surface area contributed by atoms with Crippen LogP contribution in [-0.4, -0.2) is 30.1 Å². The predicted octanol–water partition coefficient (Wildman–Crippen LogP) is 1.61. The molecule has 2 N–H and O–H groups in total. The zero-order valence-corrected chi connectivity index (χ0v) is 11.1. The van der Waals surface area contributed by atoms with Crippen molar-refractivity contribution in [3.8, 4) is 5.75 Å². The molecule has 5 heteroatoms. The summed E-state index contributed by atoms with van der Waals surface area (Å²) in [6, 6.07) is 5.37. The van der Waals surface area contributed by atoms with Crippen LogP contribution < -0.4 is 10.1 Å². The lowest BCUT2D eigenvalue weighted by Crippen LogP contribution is -2.34. The number of hydrogen-bond acceptors (Lipinski definition) is 3. The van der Waals surface area contributed by atoms with E-state index >= 15 is 0 Å². The molecule has 0 aliphatic rings. The van der Waals surface area contributed by atoms with Crippen LogP contribution in [0.1, 0.15) is 18.1 Å². The summed E-state index contributed by atoms with van der Waals surface area (Å²) in [7, 11) is 1.53. The monoisotopic (exact) mass is 263 g/mol. The molecule has 0 bridgehead atoms. The van der Waals surface area contributed by atoms with E-state index in [-0.39, 0.29) is 5.91 Å². The minimum Gasteiger partial charge on any atom is -0.480 e. The van der Waals surface area contributed by atoms with Crippen molar-refractivity contribution in [3.63, 3.8) is 0 Å². The molecule has 1 aromatic carbocycles. The molecule has 1 aromatic rings. The molecular formula is C14H17NO4. The molecular weight excluding hydrogens is 246 g/mol. The van der Waals surface area contributed by atoms with Gasteiger partial charge in [-0.05, 0) is 25.5 Å². The van der Waals surface area contributed by atoms with Gasteiger partial charge in [0.15, 0.2) is 6.10 Å². The van der Waals surface area contributed by atoms with Crippen molar-refractivity contribution in [2.24, 2.45) is 0 Å². The molecule has 0 saturated carbocycles. The summed E-state index contributed by atoms with van der Waals surface area (Å²) in [5.41, 5.74) is 1.46. The Morgan fingerprint density at radius 3 is 2.68 bits per heavy atom. The molecule has 1 rings (SSSR count). The quantitative estimate of drug-likeness (QED) is 0.791. The van der Waals surface area contributed by atoms with E-state index in [1.165, 1.54) is 13.1 Å². The summed E-state index contributed by atoms with van der Waals surface area (Å²) in [6.45, 7) is 3.47. The number of amides is 1. The number of carboxylic acids is 1. The molecule has 0 aliphatic carbocycles. The second-order valence-electron chi connectivity index (χ2n) is 4.04. The molecule has 0 aromatic heterocycles. The van der Waals surface area contributed by atoms with Crippen LogP contribution in [0.15, 0.2) is 24.3 Å². The van der Waals surface area contributed by atoms with Gasteiger partial charge in [0.1, 0.15) is 5.75 Å². The first-order valence-electron chi connectivity index (χ1n) is 5.84. The van der Waals surface area contributed by atoms with Gasteiger partial charge in [-0.15, -0.1) is 0 Å². The summed E-state index contributed by atoms with van der Waals surface area (Å²) in [4.78, 5) is 22.0. The number of ether oxygens (including phenoxy) is 1. The fourth-order valence-corrected chi connectivity index (χ4v) is 1.56. The third-order valence-electron chi connectivity index (χ3n) is 2.56. The van der Waals surface area contributed by atoms with Crippen molar-refractivity contribution < 1.29 is 19.4 Å². The number of likely N-dealkylation sites (N-methyl/N-ethyl adjacent to an activating group) is 1. The van der Waals surface area contributed by atoms with Gasteiger partial charge < -0.3 is 15.2 Å². The van der Waals surface area contributed by atoms with Gasteiger partial charge in [0.25, 0.3) is 5.91 Å². The zero-order chi connectivity index (χ0) is 14.4. The molecule has 0 aliphatic heterocycles. The van der Waals surface area contributed by atoms with Crippen LogP contribution in [0.4, 0.5) is 0 Å². The van der Waals surface area contributed by atoms with Crippen molar-refractivity contribution in [2.45, 2.75) is 20.0 Å². The van der Waals surface area contributed by atoms with E-state index < -0.39 is 12.1 Å². The number of rotatable bonds is 5. The molecule has 19 heavy (non-hydrogen) atoms. The first-order chi connectivity index (χ1) is 8.95. The second kappa shape index (κ2) is 6.58. The number of para-hydroxylation sites is 1. The van der Waals surface area contributed by atoms with Crippen LogP contribution in [0.25, 0.3) is 6.08 Å². The van der Waals surface area contributed by atoms with Gasteiger partial charge >= 0.3 is 5.97 Å². The van der Waals surface area contributed by atoms with E-state index in [0.29, 0.717) is 11.3 Å². The Labute approximate surface area is 111 Å². The maximum Gasteiger partial charge on any atom is 0.328 e. The Bertz CT molecular complexity index is 508. The molecule has 0 heterocycles. The van der Waals surface area contributed by atoms with E-state index in [9.17, 15) is 9.59 Å². The number of carboxylic acid groups (broad SMARTS) is 1. The van der Waals surface area contributed by atoms with Gasteiger partial charge in [0.2, 0.25) is 0 Å². The van der Waals surface area contributed by atoms with Crippen LogP contribution in [-0.2, 0) is 9.59 Å². The lowest BCUT2D eigenvalue weighted by atomic mass is 10.1. The molecule has 1 atom stereocenters. The smallest absolute Gasteiger partial charge is 0.328 e. The Balaban J connectivity index is 3.04. The van der Waals surface area contributed by atoms with Crippen molar-refractivity contribution in [1.29, 1.82) is 0 Å². The van der Waals surface area contributed by atoms with E-state index in [1.807, 2.05) is 13.0 Å². The van der Waals surface area contributed by atoms with Gasteiger partial charge in [-0.1, -0.05) is 18.2 Å².